The maximum Gasteiger partial charge on any atom is 0.241 e. The summed E-state index contributed by atoms with van der Waals surface area (Å²) < 4.78 is 0. The van der Waals surface area contributed by atoms with E-state index in [2.05, 4.69) is 15.0 Å². The normalized spacial score (nSPS) is 10.2. The summed E-state index contributed by atoms with van der Waals surface area (Å²) >= 11 is 5.73. The molecule has 0 aliphatic heterocycles. The summed E-state index contributed by atoms with van der Waals surface area (Å²) in [5.74, 6) is 0.325. The summed E-state index contributed by atoms with van der Waals surface area (Å²) in [6, 6.07) is 0. The molecule has 0 aliphatic rings. The van der Waals surface area contributed by atoms with Crippen LogP contribution in [-0.4, -0.2) is 52.9 Å². The van der Waals surface area contributed by atoms with Crippen molar-refractivity contribution < 1.29 is 4.79 Å². The Hall–Kier alpha value is -1.63. The summed E-state index contributed by atoms with van der Waals surface area (Å²) in [7, 11) is 3.39. The molecule has 0 atom stereocenters. The quantitative estimate of drug-likeness (QED) is 0.835. The lowest BCUT2D eigenvalue weighted by atomic mass is 10.4. The zero-order chi connectivity index (χ0) is 13.7. The zero-order valence-electron chi connectivity index (χ0n) is 10.7. The Bertz CT molecular complexity index is 405. The van der Waals surface area contributed by atoms with Crippen LogP contribution in [0.15, 0.2) is 0 Å². The molecule has 0 fully saturated rings. The van der Waals surface area contributed by atoms with Gasteiger partial charge in [0, 0.05) is 20.6 Å². The van der Waals surface area contributed by atoms with Gasteiger partial charge in [-0.1, -0.05) is 6.92 Å². The number of rotatable bonds is 5. The molecule has 0 bridgehead atoms. The van der Waals surface area contributed by atoms with Gasteiger partial charge < -0.3 is 15.5 Å². The number of likely N-dealkylation sites (N-methyl/N-ethyl adjacent to an activating group) is 1. The van der Waals surface area contributed by atoms with Crippen LogP contribution in [0.4, 0.5) is 11.9 Å². The van der Waals surface area contributed by atoms with Crippen LogP contribution in [0.25, 0.3) is 0 Å². The van der Waals surface area contributed by atoms with E-state index in [1.165, 1.54) is 4.90 Å². The van der Waals surface area contributed by atoms with E-state index in [0.29, 0.717) is 12.5 Å². The van der Waals surface area contributed by atoms with Crippen LogP contribution >= 0.6 is 11.6 Å². The number of nitrogen functional groups attached to an aromatic ring is 1. The predicted octanol–water partition coefficient (Wildman–Crippen LogP) is 0.412. The minimum atomic E-state index is -0.0430. The van der Waals surface area contributed by atoms with E-state index in [1.54, 1.807) is 19.0 Å². The fourth-order valence-electron chi connectivity index (χ4n) is 1.32. The number of carbonyl (C=O) groups is 1. The highest BCUT2D eigenvalue weighted by atomic mass is 35.5. The first-order chi connectivity index (χ1) is 8.43. The molecule has 0 aromatic carbocycles. The lowest BCUT2D eigenvalue weighted by Crippen LogP contribution is -2.38. The molecule has 1 rings (SSSR count). The van der Waals surface area contributed by atoms with Crippen LogP contribution in [0.5, 0.6) is 0 Å². The Morgan fingerprint density at radius 3 is 2.50 bits per heavy atom. The molecule has 1 aromatic heterocycles. The Morgan fingerprint density at radius 1 is 1.33 bits per heavy atom. The fraction of sp³-hybridized carbons (Fsp3) is 0.600. The molecule has 0 saturated carbocycles. The largest absolute Gasteiger partial charge is 0.368 e. The van der Waals surface area contributed by atoms with Crippen molar-refractivity contribution in [3.8, 4) is 0 Å². The average molecular weight is 273 g/mol. The first-order valence-electron chi connectivity index (χ1n) is 5.56. The standard InChI is InChI=1S/C10H17ClN6O/c1-4-5-17(6-7(18)16(2)3)10-14-8(11)13-9(12)15-10/h4-6H2,1-3H3,(H2,12,13,14,15). The Balaban J connectivity index is 2.93. The molecule has 2 N–H and O–H groups in total. The van der Waals surface area contributed by atoms with Gasteiger partial charge >= 0.3 is 0 Å². The molecule has 8 heteroatoms. The molecule has 1 aromatic rings. The first-order valence-corrected chi connectivity index (χ1v) is 5.94. The number of nitrogens with two attached hydrogens (primary N) is 1. The maximum absolute atomic E-state index is 11.7. The van der Waals surface area contributed by atoms with Crippen LogP contribution in [0.2, 0.25) is 5.28 Å². The summed E-state index contributed by atoms with van der Waals surface area (Å²) in [5, 5.41) is 0.0240. The van der Waals surface area contributed by atoms with Crippen molar-refractivity contribution in [2.24, 2.45) is 0 Å². The van der Waals surface area contributed by atoms with E-state index >= 15 is 0 Å². The molecule has 18 heavy (non-hydrogen) atoms. The molecular weight excluding hydrogens is 256 g/mol. The number of halogens is 1. The van der Waals surface area contributed by atoms with Crippen LogP contribution in [0, 0.1) is 0 Å². The van der Waals surface area contributed by atoms with Gasteiger partial charge in [0.15, 0.2) is 0 Å². The number of carbonyl (C=O) groups excluding carboxylic acids is 1. The topological polar surface area (TPSA) is 88.2 Å². The molecule has 100 valence electrons. The van der Waals surface area contributed by atoms with E-state index in [0.717, 1.165) is 6.42 Å². The molecule has 0 unspecified atom stereocenters. The number of hydrogen-bond donors (Lipinski definition) is 1. The highest BCUT2D eigenvalue weighted by Gasteiger charge is 2.16. The zero-order valence-corrected chi connectivity index (χ0v) is 11.5. The first kappa shape index (κ1) is 14.4. The molecule has 0 aliphatic carbocycles. The van der Waals surface area contributed by atoms with Gasteiger partial charge in [-0.25, -0.2) is 0 Å². The second-order valence-corrected chi connectivity index (χ2v) is 4.31. The smallest absolute Gasteiger partial charge is 0.241 e. The summed E-state index contributed by atoms with van der Waals surface area (Å²) in [6.07, 6.45) is 0.851. The van der Waals surface area contributed by atoms with Gasteiger partial charge in [0.05, 0.1) is 6.54 Å². The molecule has 0 radical (unpaired) electrons. The van der Waals surface area contributed by atoms with E-state index in [9.17, 15) is 4.79 Å². The van der Waals surface area contributed by atoms with Crippen molar-refractivity contribution >= 4 is 29.4 Å². The highest BCUT2D eigenvalue weighted by Crippen LogP contribution is 2.12. The van der Waals surface area contributed by atoms with Gasteiger partial charge in [-0.3, -0.25) is 4.79 Å². The van der Waals surface area contributed by atoms with Crippen LogP contribution in [0.3, 0.4) is 0 Å². The lowest BCUT2D eigenvalue weighted by Gasteiger charge is -2.23. The van der Waals surface area contributed by atoms with Crippen molar-refractivity contribution in [3.05, 3.63) is 5.28 Å². The Kier molecular flexibility index (Phi) is 5.08. The maximum atomic E-state index is 11.7. The summed E-state index contributed by atoms with van der Waals surface area (Å²) in [5.41, 5.74) is 5.52. The lowest BCUT2D eigenvalue weighted by molar-refractivity contribution is -0.127. The van der Waals surface area contributed by atoms with E-state index in [-0.39, 0.29) is 23.7 Å². The summed E-state index contributed by atoms with van der Waals surface area (Å²) in [4.78, 5) is 26.6. The van der Waals surface area contributed by atoms with Crippen LogP contribution in [0.1, 0.15) is 13.3 Å². The average Bonchev–Trinajstić information content (AvgIpc) is 2.26. The SMILES string of the molecule is CCCN(CC(=O)N(C)C)c1nc(N)nc(Cl)n1. The Morgan fingerprint density at radius 2 is 2.00 bits per heavy atom. The third-order valence-electron chi connectivity index (χ3n) is 2.21. The number of aromatic nitrogens is 3. The fourth-order valence-corrected chi connectivity index (χ4v) is 1.48. The van der Waals surface area contributed by atoms with Crippen molar-refractivity contribution in [2.75, 3.05) is 37.8 Å². The number of anilines is 2. The predicted molar refractivity (Wildman–Crippen MR) is 70.4 cm³/mol. The van der Waals surface area contributed by atoms with Crippen molar-refractivity contribution in [3.63, 3.8) is 0 Å². The van der Waals surface area contributed by atoms with Gasteiger partial charge in [-0.2, -0.15) is 15.0 Å². The van der Waals surface area contributed by atoms with E-state index in [1.807, 2.05) is 6.92 Å². The van der Waals surface area contributed by atoms with Gasteiger partial charge in [-0.15, -0.1) is 0 Å². The monoisotopic (exact) mass is 272 g/mol. The third-order valence-corrected chi connectivity index (χ3v) is 2.38. The van der Waals surface area contributed by atoms with E-state index < -0.39 is 0 Å². The number of hydrogen-bond acceptors (Lipinski definition) is 6. The van der Waals surface area contributed by atoms with Crippen LogP contribution < -0.4 is 10.6 Å². The number of amides is 1. The summed E-state index contributed by atoms with van der Waals surface area (Å²) in [6.45, 7) is 2.82. The Labute approximate surface area is 111 Å². The van der Waals surface area contributed by atoms with Crippen LogP contribution in [-0.2, 0) is 4.79 Å². The van der Waals surface area contributed by atoms with Gasteiger partial charge in [0.1, 0.15) is 0 Å². The second-order valence-electron chi connectivity index (χ2n) is 3.97. The molecular formula is C10H17ClN6O. The van der Waals surface area contributed by atoms with E-state index in [4.69, 9.17) is 17.3 Å². The molecule has 0 spiro atoms. The van der Waals surface area contributed by atoms with Gasteiger partial charge in [-0.05, 0) is 18.0 Å². The number of nitrogens with zero attached hydrogens (tertiary/aromatic N) is 5. The van der Waals surface area contributed by atoms with Crippen molar-refractivity contribution in [1.29, 1.82) is 0 Å². The molecule has 0 saturated heterocycles. The minimum absolute atomic E-state index is 0.0240. The van der Waals surface area contributed by atoms with Gasteiger partial charge in [0.2, 0.25) is 23.1 Å². The molecule has 7 nitrogen and oxygen atoms in total. The highest BCUT2D eigenvalue weighted by molar-refractivity contribution is 6.28. The third kappa shape index (κ3) is 3.99. The van der Waals surface area contributed by atoms with Crippen molar-refractivity contribution in [1.82, 2.24) is 19.9 Å². The molecule has 1 heterocycles. The minimum Gasteiger partial charge on any atom is -0.368 e. The molecule has 1 amide bonds. The second kappa shape index (κ2) is 6.34. The van der Waals surface area contributed by atoms with Crippen molar-refractivity contribution in [2.45, 2.75) is 13.3 Å². The van der Waals surface area contributed by atoms with Gasteiger partial charge in [0.25, 0.3) is 0 Å².